The summed E-state index contributed by atoms with van der Waals surface area (Å²) in [5.41, 5.74) is 2.36. The topological polar surface area (TPSA) is 12.0 Å². The number of hydrogen-bond acceptors (Lipinski definition) is 1. The van der Waals surface area contributed by atoms with E-state index in [2.05, 4.69) is 5.32 Å². The normalized spacial score (nSPS) is 10.6. The van der Waals surface area contributed by atoms with Crippen LogP contribution in [-0.2, 0) is 13.1 Å². The van der Waals surface area contributed by atoms with Gasteiger partial charge in [-0.1, -0.05) is 35.9 Å². The molecule has 0 amide bonds. The van der Waals surface area contributed by atoms with Gasteiger partial charge in [0.2, 0.25) is 0 Å². The maximum absolute atomic E-state index is 13.4. The molecule has 2 aromatic rings. The third kappa shape index (κ3) is 3.14. The van der Waals surface area contributed by atoms with Crippen LogP contribution in [0.5, 0.6) is 0 Å². The minimum absolute atomic E-state index is 0.0881. The molecule has 0 atom stereocenters. The molecule has 0 unspecified atom stereocenters. The first-order chi connectivity index (χ1) is 8.66. The van der Waals surface area contributed by atoms with Crippen molar-refractivity contribution in [2.24, 2.45) is 0 Å². The third-order valence-corrected chi connectivity index (χ3v) is 2.78. The highest BCUT2D eigenvalue weighted by Crippen LogP contribution is 2.12. The maximum Gasteiger partial charge on any atom is 0.130 e. The Morgan fingerprint density at radius 3 is 2.28 bits per heavy atom. The molecule has 0 aromatic heterocycles. The molecule has 0 saturated carbocycles. The smallest absolute Gasteiger partial charge is 0.130 e. The highest BCUT2D eigenvalue weighted by Gasteiger charge is 2.07. The van der Waals surface area contributed by atoms with Gasteiger partial charge in [0, 0.05) is 18.7 Å². The summed E-state index contributed by atoms with van der Waals surface area (Å²) < 4.78 is 26.7. The molecular weight excluding hydrogens is 232 g/mol. The van der Waals surface area contributed by atoms with Gasteiger partial charge in [-0.3, -0.25) is 0 Å². The van der Waals surface area contributed by atoms with Crippen LogP contribution in [0.1, 0.15) is 16.7 Å². The van der Waals surface area contributed by atoms with E-state index < -0.39 is 11.6 Å². The molecule has 0 fully saturated rings. The second-order valence-corrected chi connectivity index (χ2v) is 4.29. The van der Waals surface area contributed by atoms with Gasteiger partial charge in [0.15, 0.2) is 0 Å². The maximum atomic E-state index is 13.4. The van der Waals surface area contributed by atoms with Gasteiger partial charge in [-0.2, -0.15) is 0 Å². The first-order valence-electron chi connectivity index (χ1n) is 5.86. The Balaban J connectivity index is 1.97. The minimum atomic E-state index is -0.508. The fourth-order valence-corrected chi connectivity index (χ4v) is 1.86. The van der Waals surface area contributed by atoms with Crippen molar-refractivity contribution in [2.75, 3.05) is 0 Å². The van der Waals surface area contributed by atoms with Gasteiger partial charge in [-0.15, -0.1) is 0 Å². The molecule has 0 saturated heterocycles. The third-order valence-electron chi connectivity index (χ3n) is 2.78. The Morgan fingerprint density at radius 1 is 0.944 bits per heavy atom. The Morgan fingerprint density at radius 2 is 1.61 bits per heavy atom. The van der Waals surface area contributed by atoms with Crippen LogP contribution in [0.4, 0.5) is 8.78 Å². The molecule has 94 valence electrons. The second-order valence-electron chi connectivity index (χ2n) is 4.29. The fourth-order valence-electron chi connectivity index (χ4n) is 1.86. The predicted molar refractivity (Wildman–Crippen MR) is 68.1 cm³/mol. The van der Waals surface area contributed by atoms with Crippen molar-refractivity contribution in [3.05, 3.63) is 70.8 Å². The van der Waals surface area contributed by atoms with Crippen molar-refractivity contribution in [3.63, 3.8) is 0 Å². The van der Waals surface area contributed by atoms with Gasteiger partial charge in [0.1, 0.15) is 11.6 Å². The van der Waals surface area contributed by atoms with E-state index in [4.69, 9.17) is 0 Å². The van der Waals surface area contributed by atoms with Crippen molar-refractivity contribution in [2.45, 2.75) is 20.0 Å². The van der Waals surface area contributed by atoms with Crippen LogP contribution in [0, 0.1) is 18.6 Å². The van der Waals surface area contributed by atoms with Crippen LogP contribution in [-0.4, -0.2) is 0 Å². The Bertz CT molecular complexity index is 518. The molecule has 3 heteroatoms. The number of nitrogens with one attached hydrogen (secondary N) is 1. The van der Waals surface area contributed by atoms with Crippen LogP contribution in [0.2, 0.25) is 0 Å². The summed E-state index contributed by atoms with van der Waals surface area (Å²) >= 11 is 0. The summed E-state index contributed by atoms with van der Waals surface area (Å²) in [5, 5.41) is 3.05. The largest absolute Gasteiger partial charge is 0.308 e. The van der Waals surface area contributed by atoms with Gasteiger partial charge in [-0.05, 0) is 24.6 Å². The van der Waals surface area contributed by atoms with E-state index >= 15 is 0 Å². The lowest BCUT2D eigenvalue weighted by atomic mass is 10.1. The number of halogens is 2. The lowest BCUT2D eigenvalue weighted by molar-refractivity contribution is 0.535. The van der Waals surface area contributed by atoms with Gasteiger partial charge >= 0.3 is 0 Å². The molecule has 0 heterocycles. The zero-order valence-electron chi connectivity index (χ0n) is 10.2. The highest BCUT2D eigenvalue weighted by atomic mass is 19.1. The lowest BCUT2D eigenvalue weighted by Gasteiger charge is -2.07. The molecule has 0 aliphatic rings. The molecule has 0 radical (unpaired) electrons. The molecule has 1 nitrogen and oxygen atoms in total. The quantitative estimate of drug-likeness (QED) is 0.871. The number of rotatable bonds is 4. The van der Waals surface area contributed by atoms with Crippen LogP contribution >= 0.6 is 0 Å². The monoisotopic (exact) mass is 247 g/mol. The van der Waals surface area contributed by atoms with Crippen molar-refractivity contribution in [1.82, 2.24) is 5.32 Å². The van der Waals surface area contributed by atoms with Crippen LogP contribution in [0.25, 0.3) is 0 Å². The highest BCUT2D eigenvalue weighted by molar-refractivity contribution is 5.23. The van der Waals surface area contributed by atoms with Crippen LogP contribution < -0.4 is 5.32 Å². The van der Waals surface area contributed by atoms with E-state index in [-0.39, 0.29) is 12.1 Å². The van der Waals surface area contributed by atoms with E-state index in [1.54, 1.807) is 0 Å². The zero-order chi connectivity index (χ0) is 13.0. The molecule has 0 aliphatic heterocycles. The molecule has 0 spiro atoms. The summed E-state index contributed by atoms with van der Waals surface area (Å²) in [7, 11) is 0. The van der Waals surface area contributed by atoms with Crippen LogP contribution in [0.15, 0.2) is 42.5 Å². The fraction of sp³-hybridized carbons (Fsp3) is 0.200. The predicted octanol–water partition coefficient (Wildman–Crippen LogP) is 3.56. The molecule has 18 heavy (non-hydrogen) atoms. The summed E-state index contributed by atoms with van der Waals surface area (Å²) in [4.78, 5) is 0. The van der Waals surface area contributed by atoms with Crippen molar-refractivity contribution in [3.8, 4) is 0 Å². The Hall–Kier alpha value is -1.74. The molecular formula is C15H15F2N. The Kier molecular flexibility index (Phi) is 4.05. The second kappa shape index (κ2) is 5.74. The van der Waals surface area contributed by atoms with Gasteiger partial charge < -0.3 is 5.32 Å². The van der Waals surface area contributed by atoms with Gasteiger partial charge in [-0.25, -0.2) is 8.78 Å². The summed E-state index contributed by atoms with van der Waals surface area (Å²) in [5.74, 6) is -1.02. The molecule has 2 rings (SSSR count). The first-order valence-corrected chi connectivity index (χ1v) is 5.86. The first kappa shape index (κ1) is 12.7. The van der Waals surface area contributed by atoms with E-state index in [1.807, 2.05) is 31.2 Å². The average molecular weight is 247 g/mol. The van der Waals surface area contributed by atoms with E-state index in [9.17, 15) is 8.78 Å². The average Bonchev–Trinajstić information content (AvgIpc) is 2.33. The van der Waals surface area contributed by atoms with Crippen molar-refractivity contribution in [1.29, 1.82) is 0 Å². The van der Waals surface area contributed by atoms with Crippen LogP contribution in [0.3, 0.4) is 0 Å². The molecule has 2 aromatic carbocycles. The van der Waals surface area contributed by atoms with E-state index in [0.29, 0.717) is 6.54 Å². The van der Waals surface area contributed by atoms with E-state index in [1.165, 1.54) is 23.8 Å². The van der Waals surface area contributed by atoms with E-state index in [0.717, 1.165) is 5.56 Å². The summed E-state index contributed by atoms with van der Waals surface area (Å²) in [6.07, 6.45) is 0. The molecule has 1 N–H and O–H groups in total. The van der Waals surface area contributed by atoms with Gasteiger partial charge in [0.25, 0.3) is 0 Å². The van der Waals surface area contributed by atoms with Gasteiger partial charge in [0.05, 0.1) is 0 Å². The SMILES string of the molecule is Cc1cccc(CNCc2c(F)cccc2F)c1. The zero-order valence-corrected chi connectivity index (χ0v) is 10.2. The Labute approximate surface area is 105 Å². The van der Waals surface area contributed by atoms with Crippen molar-refractivity contribution >= 4 is 0 Å². The lowest BCUT2D eigenvalue weighted by Crippen LogP contribution is -2.15. The van der Waals surface area contributed by atoms with Crippen molar-refractivity contribution < 1.29 is 8.78 Å². The molecule has 0 bridgehead atoms. The number of aryl methyl sites for hydroxylation is 1. The number of benzene rings is 2. The standard InChI is InChI=1S/C15H15F2N/c1-11-4-2-5-12(8-11)9-18-10-13-14(16)6-3-7-15(13)17/h2-8,18H,9-10H2,1H3. The minimum Gasteiger partial charge on any atom is -0.308 e. The molecule has 0 aliphatic carbocycles. The summed E-state index contributed by atoms with van der Waals surface area (Å²) in [6.45, 7) is 2.79. The summed E-state index contributed by atoms with van der Waals surface area (Å²) in [6, 6.07) is 11.9. The number of hydrogen-bond donors (Lipinski definition) is 1.